The van der Waals surface area contributed by atoms with Gasteiger partial charge >= 0.3 is 0 Å². The van der Waals surface area contributed by atoms with Crippen LogP contribution < -0.4 is 5.73 Å². The molecule has 0 unspecified atom stereocenters. The van der Waals surface area contributed by atoms with Gasteiger partial charge in [-0.05, 0) is 19.8 Å². The van der Waals surface area contributed by atoms with Gasteiger partial charge in [0.1, 0.15) is 0 Å². The average Bonchev–Trinajstić information content (AvgIpc) is 2.02. The van der Waals surface area contributed by atoms with Gasteiger partial charge in [-0.2, -0.15) is 0 Å². The maximum absolute atomic E-state index is 5.92. The minimum atomic E-state index is 0.395. The Morgan fingerprint density at radius 1 is 1.42 bits per heavy atom. The predicted octanol–water partition coefficient (Wildman–Crippen LogP) is 0.197. The fourth-order valence-electron chi connectivity index (χ4n) is 2.11. The van der Waals surface area contributed by atoms with Crippen molar-refractivity contribution in [1.82, 2.24) is 4.90 Å². The van der Waals surface area contributed by atoms with Crippen molar-refractivity contribution < 1.29 is 4.74 Å². The quantitative estimate of drug-likeness (QED) is 0.611. The Morgan fingerprint density at radius 3 is 2.75 bits per heavy atom. The SMILES string of the molecule is C[C@@H]1CN([C@@H]2CC[C@@H]2N)CCO1. The van der Waals surface area contributed by atoms with E-state index < -0.39 is 0 Å². The van der Waals surface area contributed by atoms with Gasteiger partial charge in [0.05, 0.1) is 12.7 Å². The summed E-state index contributed by atoms with van der Waals surface area (Å²) < 4.78 is 5.48. The van der Waals surface area contributed by atoms with Crippen molar-refractivity contribution in [3.05, 3.63) is 0 Å². The zero-order valence-corrected chi connectivity index (χ0v) is 7.70. The predicted molar refractivity (Wildman–Crippen MR) is 48.0 cm³/mol. The van der Waals surface area contributed by atoms with Gasteiger partial charge in [0, 0.05) is 25.2 Å². The van der Waals surface area contributed by atoms with Crippen molar-refractivity contribution in [2.24, 2.45) is 5.73 Å². The van der Waals surface area contributed by atoms with Crippen molar-refractivity contribution in [1.29, 1.82) is 0 Å². The van der Waals surface area contributed by atoms with E-state index in [0.717, 1.165) is 19.7 Å². The molecule has 2 fully saturated rings. The van der Waals surface area contributed by atoms with E-state index in [0.29, 0.717) is 18.2 Å². The van der Waals surface area contributed by atoms with Crippen LogP contribution in [0.15, 0.2) is 0 Å². The summed E-state index contributed by atoms with van der Waals surface area (Å²) in [6, 6.07) is 1.08. The normalized spacial score (nSPS) is 44.0. The van der Waals surface area contributed by atoms with Crippen LogP contribution in [0.4, 0.5) is 0 Å². The van der Waals surface area contributed by atoms with Crippen LogP contribution in [0, 0.1) is 0 Å². The number of nitrogens with zero attached hydrogens (tertiary/aromatic N) is 1. The van der Waals surface area contributed by atoms with Crippen LogP contribution in [0.25, 0.3) is 0 Å². The number of morpholine rings is 1. The zero-order chi connectivity index (χ0) is 8.55. The second kappa shape index (κ2) is 3.32. The molecule has 70 valence electrons. The topological polar surface area (TPSA) is 38.5 Å². The molecule has 2 aliphatic rings. The smallest absolute Gasteiger partial charge is 0.0674 e. The van der Waals surface area contributed by atoms with E-state index in [1.807, 2.05) is 0 Å². The average molecular weight is 170 g/mol. The summed E-state index contributed by atoms with van der Waals surface area (Å²) in [5.74, 6) is 0. The lowest BCUT2D eigenvalue weighted by molar-refractivity contribution is -0.0512. The number of ether oxygens (including phenoxy) is 1. The first-order chi connectivity index (χ1) is 5.77. The van der Waals surface area contributed by atoms with Crippen molar-refractivity contribution in [3.8, 4) is 0 Å². The standard InChI is InChI=1S/C9H18N2O/c1-7-6-11(4-5-12-7)9-3-2-8(9)10/h7-9H,2-6,10H2,1H3/t7-,8+,9-/m1/s1. The van der Waals surface area contributed by atoms with Crippen LogP contribution in [0.3, 0.4) is 0 Å². The Bertz CT molecular complexity index is 163. The third kappa shape index (κ3) is 1.49. The first kappa shape index (κ1) is 8.48. The highest BCUT2D eigenvalue weighted by molar-refractivity contribution is 4.93. The fraction of sp³-hybridized carbons (Fsp3) is 1.00. The summed E-state index contributed by atoms with van der Waals surface area (Å²) >= 11 is 0. The Kier molecular flexibility index (Phi) is 2.35. The minimum Gasteiger partial charge on any atom is -0.376 e. The van der Waals surface area contributed by atoms with Gasteiger partial charge in [0.25, 0.3) is 0 Å². The Hall–Kier alpha value is -0.120. The lowest BCUT2D eigenvalue weighted by atomic mass is 9.85. The molecule has 1 aliphatic carbocycles. The maximum Gasteiger partial charge on any atom is 0.0674 e. The molecule has 0 amide bonds. The van der Waals surface area contributed by atoms with Crippen LogP contribution in [0.5, 0.6) is 0 Å². The summed E-state index contributed by atoms with van der Waals surface area (Å²) in [5, 5.41) is 0. The molecule has 12 heavy (non-hydrogen) atoms. The molecule has 3 heteroatoms. The van der Waals surface area contributed by atoms with Crippen LogP contribution in [0.2, 0.25) is 0 Å². The Labute approximate surface area is 73.9 Å². The van der Waals surface area contributed by atoms with Gasteiger partial charge in [0.15, 0.2) is 0 Å². The van der Waals surface area contributed by atoms with E-state index in [-0.39, 0.29) is 0 Å². The van der Waals surface area contributed by atoms with E-state index in [1.54, 1.807) is 0 Å². The summed E-state index contributed by atoms with van der Waals surface area (Å²) in [4.78, 5) is 2.49. The van der Waals surface area contributed by atoms with Crippen LogP contribution in [-0.2, 0) is 4.74 Å². The summed E-state index contributed by atoms with van der Waals surface area (Å²) in [6.07, 6.45) is 2.89. The molecule has 3 atom stereocenters. The van der Waals surface area contributed by atoms with Gasteiger partial charge in [-0.25, -0.2) is 0 Å². The van der Waals surface area contributed by atoms with E-state index in [4.69, 9.17) is 10.5 Å². The van der Waals surface area contributed by atoms with Crippen molar-refractivity contribution >= 4 is 0 Å². The number of hydrogen-bond donors (Lipinski definition) is 1. The number of nitrogens with two attached hydrogens (primary N) is 1. The first-order valence-electron chi connectivity index (χ1n) is 4.88. The molecule has 1 heterocycles. The highest BCUT2D eigenvalue weighted by Crippen LogP contribution is 2.25. The third-order valence-electron chi connectivity index (χ3n) is 3.03. The molecule has 0 spiro atoms. The molecule has 0 aromatic rings. The van der Waals surface area contributed by atoms with Crippen molar-refractivity contribution in [2.75, 3.05) is 19.7 Å². The second-order valence-electron chi connectivity index (χ2n) is 3.98. The highest BCUT2D eigenvalue weighted by Gasteiger charge is 2.34. The lowest BCUT2D eigenvalue weighted by Gasteiger charge is -2.45. The largest absolute Gasteiger partial charge is 0.376 e. The summed E-state index contributed by atoms with van der Waals surface area (Å²) in [7, 11) is 0. The second-order valence-corrected chi connectivity index (χ2v) is 3.98. The number of hydrogen-bond acceptors (Lipinski definition) is 3. The molecule has 0 radical (unpaired) electrons. The van der Waals surface area contributed by atoms with Gasteiger partial charge in [-0.15, -0.1) is 0 Å². The van der Waals surface area contributed by atoms with Crippen molar-refractivity contribution in [2.45, 2.75) is 38.0 Å². The summed E-state index contributed by atoms with van der Waals surface area (Å²) in [6.45, 7) is 5.15. The molecule has 1 aliphatic heterocycles. The Morgan fingerprint density at radius 2 is 2.25 bits per heavy atom. The van der Waals surface area contributed by atoms with E-state index in [9.17, 15) is 0 Å². The molecule has 0 aromatic carbocycles. The molecule has 2 rings (SSSR count). The van der Waals surface area contributed by atoms with Crippen LogP contribution >= 0.6 is 0 Å². The van der Waals surface area contributed by atoms with Crippen LogP contribution in [-0.4, -0.2) is 42.8 Å². The molecule has 0 bridgehead atoms. The van der Waals surface area contributed by atoms with E-state index in [1.165, 1.54) is 12.8 Å². The van der Waals surface area contributed by atoms with E-state index >= 15 is 0 Å². The van der Waals surface area contributed by atoms with Gasteiger partial charge in [0.2, 0.25) is 0 Å². The molecule has 2 N–H and O–H groups in total. The zero-order valence-electron chi connectivity index (χ0n) is 7.70. The first-order valence-corrected chi connectivity index (χ1v) is 4.88. The third-order valence-corrected chi connectivity index (χ3v) is 3.03. The highest BCUT2D eigenvalue weighted by atomic mass is 16.5. The molecule has 1 saturated heterocycles. The number of rotatable bonds is 1. The van der Waals surface area contributed by atoms with Crippen LogP contribution in [0.1, 0.15) is 19.8 Å². The summed E-state index contributed by atoms with van der Waals surface area (Å²) in [5.41, 5.74) is 5.92. The molecular formula is C9H18N2O. The van der Waals surface area contributed by atoms with Gasteiger partial charge in [-0.3, -0.25) is 4.90 Å². The molecule has 0 aromatic heterocycles. The van der Waals surface area contributed by atoms with Gasteiger partial charge < -0.3 is 10.5 Å². The van der Waals surface area contributed by atoms with E-state index in [2.05, 4.69) is 11.8 Å². The van der Waals surface area contributed by atoms with Gasteiger partial charge in [-0.1, -0.05) is 0 Å². The Balaban J connectivity index is 1.86. The minimum absolute atomic E-state index is 0.395. The lowest BCUT2D eigenvalue weighted by Crippen LogP contribution is -2.58. The molecule has 1 saturated carbocycles. The van der Waals surface area contributed by atoms with Crippen molar-refractivity contribution in [3.63, 3.8) is 0 Å². The molecule has 3 nitrogen and oxygen atoms in total. The monoisotopic (exact) mass is 170 g/mol. The molecular weight excluding hydrogens is 152 g/mol. The maximum atomic E-state index is 5.92. The fourth-order valence-corrected chi connectivity index (χ4v) is 2.11.